The fourth-order valence-corrected chi connectivity index (χ4v) is 3.48. The van der Waals surface area contributed by atoms with Crippen molar-refractivity contribution in [1.82, 2.24) is 20.5 Å². The van der Waals surface area contributed by atoms with Gasteiger partial charge in [-0.05, 0) is 31.0 Å². The summed E-state index contributed by atoms with van der Waals surface area (Å²) in [5.74, 6) is 1.59. The second kappa shape index (κ2) is 7.77. The van der Waals surface area contributed by atoms with Crippen molar-refractivity contribution in [2.45, 2.75) is 51.0 Å². The first-order valence-electron chi connectivity index (χ1n) is 9.34. The molecule has 2 aromatic rings. The van der Waals surface area contributed by atoms with Crippen LogP contribution in [0.4, 0.5) is 0 Å². The molecule has 0 atom stereocenters. The van der Waals surface area contributed by atoms with Gasteiger partial charge < -0.3 is 19.8 Å². The number of fused-ring (bicyclic) bond motifs is 1. The van der Waals surface area contributed by atoms with E-state index >= 15 is 0 Å². The number of aromatic nitrogens is 3. The van der Waals surface area contributed by atoms with E-state index in [9.17, 15) is 9.59 Å². The van der Waals surface area contributed by atoms with Crippen molar-refractivity contribution >= 4 is 5.91 Å². The molecule has 4 rings (SSSR count). The highest BCUT2D eigenvalue weighted by atomic mass is 16.7. The van der Waals surface area contributed by atoms with E-state index in [1.165, 1.54) is 6.42 Å². The maximum atomic E-state index is 12.3. The minimum Gasteiger partial charge on any atom is -0.454 e. The van der Waals surface area contributed by atoms with Crippen molar-refractivity contribution in [2.75, 3.05) is 6.79 Å². The van der Waals surface area contributed by atoms with Crippen molar-refractivity contribution in [2.24, 2.45) is 0 Å². The smallest absolute Gasteiger partial charge is 0.273 e. The quantitative estimate of drug-likeness (QED) is 0.833. The molecule has 0 bridgehead atoms. The monoisotopic (exact) mass is 370 g/mol. The topological polar surface area (TPSA) is 106 Å². The summed E-state index contributed by atoms with van der Waals surface area (Å²) >= 11 is 0. The van der Waals surface area contributed by atoms with E-state index in [-0.39, 0.29) is 42.8 Å². The molecule has 1 aromatic carbocycles. The molecule has 1 saturated carbocycles. The van der Waals surface area contributed by atoms with E-state index in [1.807, 2.05) is 0 Å². The molecule has 0 unspecified atom stereocenters. The third-order valence-corrected chi connectivity index (χ3v) is 4.97. The largest absolute Gasteiger partial charge is 0.454 e. The maximum Gasteiger partial charge on any atom is 0.273 e. The minimum absolute atomic E-state index is 0.0389. The van der Waals surface area contributed by atoms with Gasteiger partial charge in [0.2, 0.25) is 12.7 Å². The molecule has 2 N–H and O–H groups in total. The number of nitrogens with zero attached hydrogens (tertiary/aromatic N) is 2. The molecule has 1 fully saturated rings. The fourth-order valence-electron chi connectivity index (χ4n) is 3.48. The molecule has 1 aliphatic carbocycles. The van der Waals surface area contributed by atoms with Gasteiger partial charge in [0.25, 0.3) is 5.56 Å². The minimum atomic E-state index is -0.330. The molecule has 2 heterocycles. The maximum absolute atomic E-state index is 12.3. The summed E-state index contributed by atoms with van der Waals surface area (Å²) in [7, 11) is 0. The molecule has 142 valence electrons. The second-order valence-corrected chi connectivity index (χ2v) is 6.92. The molecule has 0 spiro atoms. The Bertz CT molecular complexity index is 890. The van der Waals surface area contributed by atoms with Crippen LogP contribution < -0.4 is 20.3 Å². The van der Waals surface area contributed by atoms with Crippen LogP contribution in [0.25, 0.3) is 11.4 Å². The van der Waals surface area contributed by atoms with Crippen molar-refractivity contribution in [1.29, 1.82) is 0 Å². The molecule has 1 aromatic heterocycles. The van der Waals surface area contributed by atoms with Gasteiger partial charge in [-0.3, -0.25) is 9.59 Å². The number of carbonyl (C=O) groups excluding carboxylic acids is 1. The highest BCUT2D eigenvalue weighted by Crippen LogP contribution is 2.34. The van der Waals surface area contributed by atoms with E-state index in [0.717, 1.165) is 25.7 Å². The summed E-state index contributed by atoms with van der Waals surface area (Å²) in [4.78, 5) is 27.1. The molecule has 27 heavy (non-hydrogen) atoms. The van der Waals surface area contributed by atoms with Crippen molar-refractivity contribution < 1.29 is 14.3 Å². The third kappa shape index (κ3) is 4.10. The normalized spacial score (nSPS) is 16.3. The molecule has 2 aliphatic rings. The number of amides is 1. The van der Waals surface area contributed by atoms with E-state index in [1.54, 1.807) is 18.2 Å². The fraction of sp³-hybridized carbons (Fsp3) is 0.474. The Morgan fingerprint density at radius 2 is 1.96 bits per heavy atom. The Labute approximate surface area is 156 Å². The van der Waals surface area contributed by atoms with Crippen LogP contribution in [-0.2, 0) is 11.2 Å². The Balaban J connectivity index is 1.38. The summed E-state index contributed by atoms with van der Waals surface area (Å²) in [6, 6.07) is 5.56. The standard InChI is InChI=1S/C19H22N4O4/c24-17(20-13-4-2-1-3-5-13)9-7-14-19(25)21-18(23-22-14)12-6-8-15-16(10-12)27-11-26-15/h6,8,10,13H,1-5,7,9,11H2,(H,20,24)(H,21,23,25). The predicted octanol–water partition coefficient (Wildman–Crippen LogP) is 1.94. The van der Waals surface area contributed by atoms with Crippen LogP contribution in [0.3, 0.4) is 0 Å². The van der Waals surface area contributed by atoms with Crippen LogP contribution in [-0.4, -0.2) is 33.9 Å². The van der Waals surface area contributed by atoms with Crippen LogP contribution in [0.1, 0.15) is 44.2 Å². The molecule has 8 nitrogen and oxygen atoms in total. The Hall–Kier alpha value is -2.90. The summed E-state index contributed by atoms with van der Waals surface area (Å²) in [5.41, 5.74) is 0.617. The van der Waals surface area contributed by atoms with Crippen LogP contribution >= 0.6 is 0 Å². The zero-order chi connectivity index (χ0) is 18.6. The van der Waals surface area contributed by atoms with Gasteiger partial charge in [-0.1, -0.05) is 19.3 Å². The average Bonchev–Trinajstić information content (AvgIpc) is 3.15. The zero-order valence-corrected chi connectivity index (χ0v) is 15.0. The summed E-state index contributed by atoms with van der Waals surface area (Å²) in [5, 5.41) is 11.2. The van der Waals surface area contributed by atoms with Crippen LogP contribution in [0, 0.1) is 0 Å². The lowest BCUT2D eigenvalue weighted by Gasteiger charge is -2.22. The number of hydrogen-bond donors (Lipinski definition) is 2. The van der Waals surface area contributed by atoms with Gasteiger partial charge in [0.15, 0.2) is 17.3 Å². The van der Waals surface area contributed by atoms with Gasteiger partial charge in [0.1, 0.15) is 5.69 Å². The van der Waals surface area contributed by atoms with Gasteiger partial charge in [-0.15, -0.1) is 10.2 Å². The molecule has 1 aliphatic heterocycles. The SMILES string of the molecule is O=C(CCc1nnc(-c2ccc3c(c2)OCO3)[nH]c1=O)NC1CCCCC1. The molecular formula is C19H22N4O4. The van der Waals surface area contributed by atoms with Crippen molar-refractivity contribution in [3.05, 3.63) is 34.2 Å². The third-order valence-electron chi connectivity index (χ3n) is 4.97. The molecule has 0 saturated heterocycles. The lowest BCUT2D eigenvalue weighted by atomic mass is 9.95. The Morgan fingerprint density at radius 1 is 1.15 bits per heavy atom. The lowest BCUT2D eigenvalue weighted by Crippen LogP contribution is -2.36. The first kappa shape index (κ1) is 17.5. The van der Waals surface area contributed by atoms with Crippen molar-refractivity contribution in [3.8, 4) is 22.9 Å². The number of aromatic amines is 1. The number of ether oxygens (including phenoxy) is 2. The van der Waals surface area contributed by atoms with Crippen molar-refractivity contribution in [3.63, 3.8) is 0 Å². The number of benzene rings is 1. The zero-order valence-electron chi connectivity index (χ0n) is 15.0. The number of nitrogens with one attached hydrogen (secondary N) is 2. The van der Waals surface area contributed by atoms with Crippen LogP contribution in [0.15, 0.2) is 23.0 Å². The van der Waals surface area contributed by atoms with E-state index in [2.05, 4.69) is 20.5 Å². The highest BCUT2D eigenvalue weighted by Gasteiger charge is 2.17. The molecule has 0 radical (unpaired) electrons. The second-order valence-electron chi connectivity index (χ2n) is 6.92. The van der Waals surface area contributed by atoms with Gasteiger partial charge in [-0.2, -0.15) is 0 Å². The predicted molar refractivity (Wildman–Crippen MR) is 97.5 cm³/mol. The highest BCUT2D eigenvalue weighted by molar-refractivity contribution is 5.76. The van der Waals surface area contributed by atoms with Crippen LogP contribution in [0.2, 0.25) is 0 Å². The first-order chi connectivity index (χ1) is 13.2. The van der Waals surface area contributed by atoms with Gasteiger partial charge in [0, 0.05) is 24.4 Å². The van der Waals surface area contributed by atoms with Gasteiger partial charge in [0.05, 0.1) is 0 Å². The molecule has 1 amide bonds. The number of hydrogen-bond acceptors (Lipinski definition) is 6. The average molecular weight is 370 g/mol. The van der Waals surface area contributed by atoms with Crippen LogP contribution in [0.5, 0.6) is 11.5 Å². The first-order valence-corrected chi connectivity index (χ1v) is 9.34. The number of rotatable bonds is 5. The number of H-pyrrole nitrogens is 1. The van der Waals surface area contributed by atoms with Gasteiger partial charge in [-0.25, -0.2) is 0 Å². The van der Waals surface area contributed by atoms with E-state index in [4.69, 9.17) is 9.47 Å². The summed E-state index contributed by atoms with van der Waals surface area (Å²) in [6.45, 7) is 0.183. The Morgan fingerprint density at radius 3 is 2.78 bits per heavy atom. The van der Waals surface area contributed by atoms with E-state index < -0.39 is 0 Å². The summed E-state index contributed by atoms with van der Waals surface area (Å²) < 4.78 is 10.6. The number of aryl methyl sites for hydroxylation is 1. The summed E-state index contributed by atoms with van der Waals surface area (Å²) in [6.07, 6.45) is 6.15. The van der Waals surface area contributed by atoms with E-state index in [0.29, 0.717) is 22.9 Å². The lowest BCUT2D eigenvalue weighted by molar-refractivity contribution is -0.122. The molecular weight excluding hydrogens is 348 g/mol. The Kier molecular flexibility index (Phi) is 5.04. The number of carbonyl (C=O) groups is 1. The van der Waals surface area contributed by atoms with Gasteiger partial charge >= 0.3 is 0 Å². The molecule has 8 heteroatoms.